The molecule has 0 unspecified atom stereocenters. The molecule has 24 heavy (non-hydrogen) atoms. The van der Waals surface area contributed by atoms with Gasteiger partial charge in [0.05, 0.1) is 6.42 Å². The molecule has 0 saturated carbocycles. The molecule has 0 radical (unpaired) electrons. The van der Waals surface area contributed by atoms with Crippen LogP contribution >= 0.6 is 0 Å². The number of carbonyl (C=O) groups is 2. The van der Waals surface area contributed by atoms with E-state index in [9.17, 15) is 49.1 Å². The van der Waals surface area contributed by atoms with Crippen molar-refractivity contribution in [2.24, 2.45) is 0 Å². The third kappa shape index (κ3) is 3.34. The van der Waals surface area contributed by atoms with Gasteiger partial charge in [-0.15, -0.1) is 0 Å². The van der Waals surface area contributed by atoms with Gasteiger partial charge >= 0.3 is 23.9 Å². The van der Waals surface area contributed by atoms with Crippen molar-refractivity contribution in [1.82, 2.24) is 0 Å². The molecule has 0 spiro atoms. The van der Waals surface area contributed by atoms with Crippen molar-refractivity contribution in [3.8, 4) is 0 Å². The Morgan fingerprint density at radius 2 is 1.42 bits per heavy atom. The van der Waals surface area contributed by atoms with Gasteiger partial charge in [0.1, 0.15) is 0 Å². The lowest BCUT2D eigenvalue weighted by molar-refractivity contribution is -0.388. The second-order valence-electron chi connectivity index (χ2n) is 4.88. The fraction of sp³-hybridized carbons (Fsp3) is 0.538. The third-order valence-electron chi connectivity index (χ3n) is 3.13. The van der Waals surface area contributed by atoms with Crippen LogP contribution in [0.25, 0.3) is 0 Å². The van der Waals surface area contributed by atoms with Crippen LogP contribution in [-0.4, -0.2) is 35.5 Å². The number of carbonyl (C=O) groups excluding carboxylic acids is 2. The van der Waals surface area contributed by atoms with Gasteiger partial charge in [-0.1, -0.05) is 18.2 Å². The molecule has 136 valence electrons. The van der Waals surface area contributed by atoms with Crippen molar-refractivity contribution in [1.29, 1.82) is 0 Å². The Morgan fingerprint density at radius 3 is 1.83 bits per heavy atom. The summed E-state index contributed by atoms with van der Waals surface area (Å²) >= 11 is 0. The van der Waals surface area contributed by atoms with E-state index in [1.54, 1.807) is 0 Å². The first kappa shape index (κ1) is 20.2. The summed E-state index contributed by atoms with van der Waals surface area (Å²) in [5.41, 5.74) is -0.295. The molecule has 0 aromatic heterocycles. The highest BCUT2D eigenvalue weighted by Gasteiger charge is 2.83. The van der Waals surface area contributed by atoms with Gasteiger partial charge in [0.25, 0.3) is 0 Å². The quantitative estimate of drug-likeness (QED) is 0.519. The Kier molecular flexibility index (Phi) is 5.27. The number of hydrogen-bond acceptors (Lipinski definition) is 2. The largest absolute Gasteiger partial charge is 0.460 e. The van der Waals surface area contributed by atoms with Gasteiger partial charge in [0.2, 0.25) is 5.78 Å². The maximum Gasteiger partial charge on any atom is 0.460 e. The van der Waals surface area contributed by atoms with Crippen LogP contribution < -0.4 is 0 Å². The monoisotopic (exact) mass is 368 g/mol. The molecule has 0 saturated heterocycles. The Labute approximate surface area is 129 Å². The van der Waals surface area contributed by atoms with Crippen LogP contribution in [0.5, 0.6) is 0 Å². The highest BCUT2D eigenvalue weighted by atomic mass is 19.4. The van der Waals surface area contributed by atoms with E-state index in [4.69, 9.17) is 0 Å². The molecule has 1 aliphatic rings. The highest BCUT2D eigenvalue weighted by molar-refractivity contribution is 6.11. The Bertz CT molecular complexity index is 585. The van der Waals surface area contributed by atoms with Crippen molar-refractivity contribution in [2.45, 2.75) is 43.2 Å². The number of rotatable bonds is 6. The number of Topliss-reactive ketones (excluding diaryl/α,β-unsaturated/α-hetero) is 2. The van der Waals surface area contributed by atoms with E-state index in [2.05, 4.69) is 0 Å². The highest BCUT2D eigenvalue weighted by Crippen LogP contribution is 2.53. The Hall–Kier alpha value is -1.81. The zero-order chi connectivity index (χ0) is 19.0. The second-order valence-corrected chi connectivity index (χ2v) is 4.88. The zero-order valence-electron chi connectivity index (χ0n) is 11.6. The first-order valence-corrected chi connectivity index (χ1v) is 6.29. The normalized spacial score (nSPS) is 16.8. The minimum absolute atomic E-state index is 0.282. The van der Waals surface area contributed by atoms with E-state index in [-0.39, 0.29) is 12.0 Å². The molecular formula is C13H9F9O2. The molecular weight excluding hydrogens is 359 g/mol. The van der Waals surface area contributed by atoms with Crippen LogP contribution in [0.15, 0.2) is 23.8 Å². The predicted molar refractivity (Wildman–Crippen MR) is 62.0 cm³/mol. The average Bonchev–Trinajstić information content (AvgIpc) is 2.46. The van der Waals surface area contributed by atoms with Crippen LogP contribution in [0.3, 0.4) is 0 Å². The van der Waals surface area contributed by atoms with Crippen LogP contribution in [0.2, 0.25) is 0 Å². The number of ketones is 2. The first-order chi connectivity index (χ1) is 10.7. The number of halogens is 9. The summed E-state index contributed by atoms with van der Waals surface area (Å²) in [6, 6.07) is 0. The Morgan fingerprint density at radius 1 is 0.875 bits per heavy atom. The lowest BCUT2D eigenvalue weighted by atomic mass is 9.94. The van der Waals surface area contributed by atoms with Gasteiger partial charge in [-0.25, -0.2) is 0 Å². The average molecular weight is 368 g/mol. The van der Waals surface area contributed by atoms with E-state index >= 15 is 0 Å². The molecule has 0 aliphatic heterocycles. The molecule has 0 aromatic rings. The van der Waals surface area contributed by atoms with E-state index in [1.807, 2.05) is 0 Å². The van der Waals surface area contributed by atoms with Gasteiger partial charge in [0, 0.05) is 5.57 Å². The molecule has 0 aromatic carbocycles. The van der Waals surface area contributed by atoms with Crippen molar-refractivity contribution in [3.63, 3.8) is 0 Å². The SMILES string of the molecule is O=C(CC(=O)C(F)(F)C(F)(F)C(F)(F)C(F)(F)F)C1=CCCC=C1. The number of alkyl halides is 9. The first-order valence-electron chi connectivity index (χ1n) is 6.29. The molecule has 0 fully saturated rings. The summed E-state index contributed by atoms with van der Waals surface area (Å²) in [6.07, 6.45) is -4.50. The lowest BCUT2D eigenvalue weighted by Gasteiger charge is -2.32. The lowest BCUT2D eigenvalue weighted by Crippen LogP contribution is -2.63. The fourth-order valence-electron chi connectivity index (χ4n) is 1.73. The Balaban J connectivity index is 3.05. The van der Waals surface area contributed by atoms with Gasteiger partial charge in [-0.3, -0.25) is 9.59 Å². The van der Waals surface area contributed by atoms with Gasteiger partial charge in [-0.2, -0.15) is 39.5 Å². The van der Waals surface area contributed by atoms with Crippen molar-refractivity contribution in [2.75, 3.05) is 0 Å². The molecule has 11 heteroatoms. The molecule has 0 N–H and O–H groups in total. The van der Waals surface area contributed by atoms with E-state index in [0.29, 0.717) is 6.42 Å². The molecule has 0 atom stereocenters. The van der Waals surface area contributed by atoms with Gasteiger partial charge < -0.3 is 0 Å². The van der Waals surface area contributed by atoms with Gasteiger partial charge in [0.15, 0.2) is 5.78 Å². The van der Waals surface area contributed by atoms with Crippen LogP contribution in [0, 0.1) is 0 Å². The molecule has 0 amide bonds. The maximum atomic E-state index is 13.3. The summed E-state index contributed by atoms with van der Waals surface area (Å²) in [4.78, 5) is 22.6. The minimum Gasteiger partial charge on any atom is -0.294 e. The van der Waals surface area contributed by atoms with Crippen LogP contribution in [0.4, 0.5) is 39.5 Å². The molecule has 0 heterocycles. The summed E-state index contributed by atoms with van der Waals surface area (Å²) in [6.45, 7) is 0. The standard InChI is InChI=1S/C13H9F9O2/c14-10(15,11(16,17)12(18,19)13(20,21)22)9(24)6-8(23)7-4-2-1-3-5-7/h2,4-5H,1,3,6H2. The summed E-state index contributed by atoms with van der Waals surface area (Å²) in [5, 5.41) is 0. The van der Waals surface area contributed by atoms with Crippen molar-refractivity contribution >= 4 is 11.6 Å². The minimum atomic E-state index is -7.16. The van der Waals surface area contributed by atoms with Gasteiger partial charge in [-0.05, 0) is 12.8 Å². The number of allylic oxidation sites excluding steroid dienone is 4. The smallest absolute Gasteiger partial charge is 0.294 e. The van der Waals surface area contributed by atoms with Crippen LogP contribution in [0.1, 0.15) is 19.3 Å². The molecule has 0 bridgehead atoms. The summed E-state index contributed by atoms with van der Waals surface area (Å²) in [5.74, 6) is -25.0. The zero-order valence-corrected chi connectivity index (χ0v) is 11.6. The topological polar surface area (TPSA) is 34.1 Å². The van der Waals surface area contributed by atoms with Crippen molar-refractivity contribution < 1.29 is 49.1 Å². The number of hydrogen-bond donors (Lipinski definition) is 0. The third-order valence-corrected chi connectivity index (χ3v) is 3.13. The van der Waals surface area contributed by atoms with Crippen molar-refractivity contribution in [3.05, 3.63) is 23.8 Å². The fourth-order valence-corrected chi connectivity index (χ4v) is 1.73. The summed E-state index contributed by atoms with van der Waals surface area (Å²) in [7, 11) is 0. The van der Waals surface area contributed by atoms with E-state index in [1.165, 1.54) is 12.2 Å². The second kappa shape index (κ2) is 6.25. The maximum absolute atomic E-state index is 13.3. The van der Waals surface area contributed by atoms with E-state index in [0.717, 1.165) is 6.08 Å². The predicted octanol–water partition coefficient (Wildman–Crippen LogP) is 4.26. The van der Waals surface area contributed by atoms with Crippen LogP contribution in [-0.2, 0) is 9.59 Å². The van der Waals surface area contributed by atoms with E-state index < -0.39 is 41.9 Å². The molecule has 1 aliphatic carbocycles. The molecule has 1 rings (SSSR count). The summed E-state index contributed by atoms with van der Waals surface area (Å²) < 4.78 is 114. The molecule has 2 nitrogen and oxygen atoms in total.